The maximum absolute atomic E-state index is 12.6. The molecule has 0 bridgehead atoms. The first-order valence-electron chi connectivity index (χ1n) is 22.6. The number of hydrogen-bond donors (Lipinski definition) is 1. The molecule has 23 heteroatoms. The molecule has 0 fully saturated rings. The number of alkyl halides is 2. The fraction of sp³-hybridized carbons (Fsp3) is 0.500. The molecule has 0 atom stereocenters. The summed E-state index contributed by atoms with van der Waals surface area (Å²) in [6.07, 6.45) is 4.85. The Kier molecular flexibility index (Phi) is 25.6. The first kappa shape index (κ1) is 60.4. The second kappa shape index (κ2) is 30.1. The topological polar surface area (TPSA) is 266 Å². The summed E-state index contributed by atoms with van der Waals surface area (Å²) in [6, 6.07) is 9.49. The van der Waals surface area contributed by atoms with Gasteiger partial charge in [-0.2, -0.15) is 0 Å². The second-order valence-corrected chi connectivity index (χ2v) is 15.4. The van der Waals surface area contributed by atoms with Gasteiger partial charge in [-0.1, -0.05) is 18.2 Å². The lowest BCUT2D eigenvalue weighted by Crippen LogP contribution is -2.65. The third-order valence-corrected chi connectivity index (χ3v) is 10.8. The molecule has 3 aromatic rings. The number of fused-ring (bicyclic) bond motifs is 2. The number of ether oxygens (including phenoxy) is 6. The number of nitrogens with zero attached hydrogens (tertiary/aromatic N) is 5. The molecule has 2 aliphatic heterocycles. The van der Waals surface area contributed by atoms with Crippen molar-refractivity contribution in [3.8, 4) is 0 Å². The van der Waals surface area contributed by atoms with Crippen molar-refractivity contribution in [2.45, 2.75) is 117 Å². The molecular formula is C48H62Cl2N6O15. The minimum Gasteiger partial charge on any atom is -0.464 e. The Morgan fingerprint density at radius 3 is 1.37 bits per heavy atom. The zero-order valence-corrected chi connectivity index (χ0v) is 42.9. The Labute approximate surface area is 422 Å². The highest BCUT2D eigenvalue weighted by molar-refractivity contribution is 6.18. The van der Waals surface area contributed by atoms with Crippen LogP contribution >= 0.6 is 23.2 Å². The Bertz CT molecular complexity index is 2150. The average molecular weight is 1030 g/mol. The molecule has 3 amide bonds. The van der Waals surface area contributed by atoms with Crippen molar-refractivity contribution < 1.29 is 71.6 Å². The van der Waals surface area contributed by atoms with Crippen LogP contribution < -0.4 is 5.32 Å². The van der Waals surface area contributed by atoms with Gasteiger partial charge in [-0.15, -0.1) is 23.2 Å². The van der Waals surface area contributed by atoms with E-state index >= 15 is 0 Å². The van der Waals surface area contributed by atoms with E-state index < -0.39 is 70.7 Å². The molecule has 388 valence electrons. The maximum atomic E-state index is 12.6. The average Bonchev–Trinajstić information content (AvgIpc) is 3.35. The van der Waals surface area contributed by atoms with Gasteiger partial charge in [-0.05, 0) is 76.4 Å². The van der Waals surface area contributed by atoms with Crippen molar-refractivity contribution in [3.63, 3.8) is 0 Å². The third kappa shape index (κ3) is 15.9. The molecule has 5 heterocycles. The van der Waals surface area contributed by atoms with Gasteiger partial charge in [0.25, 0.3) is 0 Å². The van der Waals surface area contributed by atoms with E-state index in [0.717, 1.165) is 22.4 Å². The molecule has 71 heavy (non-hydrogen) atoms. The number of amides is 3. The van der Waals surface area contributed by atoms with Crippen LogP contribution in [0, 0.1) is 0 Å². The van der Waals surface area contributed by atoms with Gasteiger partial charge in [-0.3, -0.25) is 29.3 Å². The van der Waals surface area contributed by atoms with Gasteiger partial charge in [-0.25, -0.2) is 28.8 Å². The second-order valence-electron chi connectivity index (χ2n) is 14.9. The predicted molar refractivity (Wildman–Crippen MR) is 255 cm³/mol. The highest BCUT2D eigenvalue weighted by Crippen LogP contribution is 2.34. The van der Waals surface area contributed by atoms with Crippen molar-refractivity contribution in [1.82, 2.24) is 30.1 Å². The van der Waals surface area contributed by atoms with Crippen molar-refractivity contribution in [2.24, 2.45) is 0 Å². The van der Waals surface area contributed by atoms with Crippen molar-refractivity contribution in [1.29, 1.82) is 0 Å². The van der Waals surface area contributed by atoms with Crippen LogP contribution in [0.5, 0.6) is 0 Å². The summed E-state index contributed by atoms with van der Waals surface area (Å²) < 4.78 is 29.6. The molecule has 0 unspecified atom stereocenters. The first-order valence-corrected chi connectivity index (χ1v) is 23.7. The van der Waals surface area contributed by atoms with Crippen LogP contribution in [0.4, 0.5) is 0 Å². The van der Waals surface area contributed by atoms with E-state index in [4.69, 9.17) is 42.1 Å². The molecule has 1 N–H and O–H groups in total. The quantitative estimate of drug-likeness (QED) is 0.0979. The third-order valence-electron chi connectivity index (χ3n) is 10.3. The number of carbonyl (C=O) groups is 9. The molecule has 0 saturated heterocycles. The summed E-state index contributed by atoms with van der Waals surface area (Å²) in [5.41, 5.74) is 1.04. The zero-order valence-electron chi connectivity index (χ0n) is 41.4. The van der Waals surface area contributed by atoms with Gasteiger partial charge in [0.2, 0.25) is 34.8 Å². The molecule has 2 aliphatic rings. The zero-order chi connectivity index (χ0) is 53.3. The van der Waals surface area contributed by atoms with Crippen LogP contribution in [0.3, 0.4) is 0 Å². The molecule has 0 spiro atoms. The van der Waals surface area contributed by atoms with Gasteiger partial charge in [0.15, 0.2) is 0 Å². The summed E-state index contributed by atoms with van der Waals surface area (Å²) >= 11 is 11.2. The van der Waals surface area contributed by atoms with Gasteiger partial charge >= 0.3 is 35.8 Å². The fourth-order valence-corrected chi connectivity index (χ4v) is 7.57. The molecular weight excluding hydrogens is 971 g/mol. The maximum Gasteiger partial charge on any atom is 0.344 e. The summed E-state index contributed by atoms with van der Waals surface area (Å²) in [5, 5.41) is 2.16. The molecule has 3 aromatic heterocycles. The first-order chi connectivity index (χ1) is 33.8. The summed E-state index contributed by atoms with van der Waals surface area (Å²) in [6.45, 7) is 14.4. The summed E-state index contributed by atoms with van der Waals surface area (Å²) in [7, 11) is 0. The lowest BCUT2D eigenvalue weighted by molar-refractivity contribution is -0.181. The van der Waals surface area contributed by atoms with E-state index in [0.29, 0.717) is 23.1 Å². The van der Waals surface area contributed by atoms with Crippen molar-refractivity contribution in [3.05, 3.63) is 88.8 Å². The van der Waals surface area contributed by atoms with Crippen molar-refractivity contribution >= 4 is 76.7 Å². The summed E-state index contributed by atoms with van der Waals surface area (Å²) in [4.78, 5) is 123. The monoisotopic (exact) mass is 1030 g/mol. The predicted octanol–water partition coefficient (Wildman–Crippen LogP) is 3.88. The van der Waals surface area contributed by atoms with Gasteiger partial charge in [0.05, 0.1) is 63.5 Å². The Hall–Kier alpha value is -6.74. The minimum atomic E-state index is -1.82. The number of halogens is 2. The molecule has 5 rings (SSSR count). The standard InChI is InChI=1S/2C16H20N2O5.C9H15NO5.C7H7Cl2N/c1-4-22-14(20)16(15(21)23-5-2)9-13-12(7-6-8-17-13)10-18(16)11(3)19;1-4-22-14(20)16(15(21)23-5-2)9-12-7-6-8-17-13(12)10-18(16)11(3)19;1-4-14-8(12)7(10-6(3)11)9(13)15-5-2;8-4-6-2-1-3-10-7(6)5-9/h2*6-8H,4-5,9-10H2,1-3H3;7H,4-5H2,1-3H3,(H,10,11);1-3H,4-5H2. The van der Waals surface area contributed by atoms with E-state index in [1.54, 1.807) is 78.3 Å². The van der Waals surface area contributed by atoms with E-state index in [1.165, 1.54) is 30.6 Å². The largest absolute Gasteiger partial charge is 0.464 e. The van der Waals surface area contributed by atoms with Crippen LogP contribution in [0.25, 0.3) is 0 Å². The Morgan fingerprint density at radius 1 is 0.549 bits per heavy atom. The van der Waals surface area contributed by atoms with Crippen LogP contribution in [-0.2, 0) is 109 Å². The minimum absolute atomic E-state index is 0.00653. The number of esters is 6. The van der Waals surface area contributed by atoms with Gasteiger partial charge in [0, 0.05) is 70.3 Å². The van der Waals surface area contributed by atoms with E-state index in [9.17, 15) is 43.2 Å². The normalized spacial score (nSPS) is 13.5. The molecule has 21 nitrogen and oxygen atoms in total. The van der Waals surface area contributed by atoms with E-state index in [-0.39, 0.29) is 65.6 Å². The molecule has 0 saturated carbocycles. The lowest BCUT2D eigenvalue weighted by Gasteiger charge is -2.42. The SMILES string of the molecule is CCOC(=O)C(NC(C)=O)C(=O)OCC.CCOC(=O)C1(C(=O)OCC)Cc2cccnc2CN1C(C)=O.CCOC(=O)C1(C(=O)OCC)Cc2ncccc2CN1C(C)=O.ClCc1cccnc1CCl. The van der Waals surface area contributed by atoms with E-state index in [2.05, 4.69) is 29.7 Å². The Morgan fingerprint density at radius 2 is 0.958 bits per heavy atom. The smallest absolute Gasteiger partial charge is 0.344 e. The molecule has 0 radical (unpaired) electrons. The summed E-state index contributed by atoms with van der Waals surface area (Å²) in [5.74, 6) is -5.15. The van der Waals surface area contributed by atoms with Crippen LogP contribution in [-0.4, -0.2) is 135 Å². The highest BCUT2D eigenvalue weighted by Gasteiger charge is 2.59. The lowest BCUT2D eigenvalue weighted by atomic mass is 9.84. The van der Waals surface area contributed by atoms with Crippen molar-refractivity contribution in [2.75, 3.05) is 39.6 Å². The Balaban J connectivity index is 0.000000339. The van der Waals surface area contributed by atoms with Gasteiger partial charge < -0.3 is 43.5 Å². The number of carbonyl (C=O) groups excluding carboxylic acids is 9. The van der Waals surface area contributed by atoms with Crippen LogP contribution in [0.1, 0.15) is 96.1 Å². The molecule has 0 aliphatic carbocycles. The fourth-order valence-electron chi connectivity index (χ4n) is 7.09. The number of nitrogens with one attached hydrogen (secondary N) is 1. The van der Waals surface area contributed by atoms with Crippen LogP contribution in [0.2, 0.25) is 0 Å². The number of hydrogen-bond acceptors (Lipinski definition) is 18. The number of pyridine rings is 3. The highest BCUT2D eigenvalue weighted by atomic mass is 35.5. The van der Waals surface area contributed by atoms with Gasteiger partial charge in [0.1, 0.15) is 0 Å². The molecule has 0 aromatic carbocycles. The number of aromatic nitrogens is 3. The number of rotatable bonds is 15. The van der Waals surface area contributed by atoms with Crippen LogP contribution in [0.15, 0.2) is 55.0 Å². The van der Waals surface area contributed by atoms with E-state index in [1.807, 2.05) is 18.2 Å².